The molecular weight excluding hydrogens is 467 g/mol. The lowest BCUT2D eigenvalue weighted by Gasteiger charge is -2.33. The molecule has 4 rings (SSSR count). The standard InChI is InChI=1S/C22H25FN4O4S2/c1-16-3-9-20(10-4-16)33(28,29)26-13-11-25(12-14-26)15-27-22(32)31-21(24-27)17(2)30-19-7-5-18(23)6-8-19/h3-10,17H,11-15H2,1-2H3/t17-/m0/s1. The molecule has 0 aliphatic carbocycles. The number of piperazine rings is 1. The van der Waals surface area contributed by atoms with Crippen LogP contribution < -0.4 is 4.74 Å². The van der Waals surface area contributed by atoms with Gasteiger partial charge in [0, 0.05) is 26.2 Å². The van der Waals surface area contributed by atoms with Crippen molar-refractivity contribution in [3.8, 4) is 5.75 Å². The maximum absolute atomic E-state index is 13.1. The van der Waals surface area contributed by atoms with E-state index in [9.17, 15) is 12.8 Å². The zero-order chi connectivity index (χ0) is 23.6. The summed E-state index contributed by atoms with van der Waals surface area (Å²) in [7, 11) is -3.52. The van der Waals surface area contributed by atoms with Crippen LogP contribution in [0.25, 0.3) is 0 Å². The van der Waals surface area contributed by atoms with E-state index in [0.29, 0.717) is 49.4 Å². The number of halogens is 1. The Morgan fingerprint density at radius 1 is 1.09 bits per heavy atom. The summed E-state index contributed by atoms with van der Waals surface area (Å²) in [5, 5.41) is 4.41. The fourth-order valence-corrected chi connectivity index (χ4v) is 5.11. The van der Waals surface area contributed by atoms with E-state index in [2.05, 4.69) is 10.00 Å². The second-order valence-corrected chi connectivity index (χ2v) is 10.2. The molecule has 1 aliphatic heterocycles. The second-order valence-electron chi connectivity index (χ2n) is 7.90. The number of benzene rings is 2. The predicted molar refractivity (Wildman–Crippen MR) is 122 cm³/mol. The number of hydrogen-bond donors (Lipinski definition) is 0. The van der Waals surface area contributed by atoms with Crippen LogP contribution >= 0.6 is 12.2 Å². The first kappa shape index (κ1) is 23.6. The largest absolute Gasteiger partial charge is 0.481 e. The summed E-state index contributed by atoms with van der Waals surface area (Å²) in [5.74, 6) is 0.457. The van der Waals surface area contributed by atoms with Crippen molar-refractivity contribution in [2.45, 2.75) is 31.5 Å². The fraction of sp³-hybridized carbons (Fsp3) is 0.364. The van der Waals surface area contributed by atoms with E-state index in [1.54, 1.807) is 35.9 Å². The van der Waals surface area contributed by atoms with Crippen molar-refractivity contribution < 1.29 is 22.0 Å². The molecule has 2 heterocycles. The van der Waals surface area contributed by atoms with Crippen LogP contribution in [0.1, 0.15) is 24.5 Å². The van der Waals surface area contributed by atoms with E-state index >= 15 is 0 Å². The molecule has 0 radical (unpaired) electrons. The Morgan fingerprint density at radius 2 is 1.73 bits per heavy atom. The number of nitrogens with zero attached hydrogens (tertiary/aromatic N) is 4. The molecule has 1 saturated heterocycles. The summed E-state index contributed by atoms with van der Waals surface area (Å²) in [6.07, 6.45) is -0.519. The summed E-state index contributed by atoms with van der Waals surface area (Å²) >= 11 is 5.29. The van der Waals surface area contributed by atoms with Crippen LogP contribution in [0.2, 0.25) is 0 Å². The molecule has 0 N–H and O–H groups in total. The Bertz CT molecular complexity index is 1250. The van der Waals surface area contributed by atoms with Gasteiger partial charge in [0.25, 0.3) is 10.7 Å². The first-order valence-electron chi connectivity index (χ1n) is 10.5. The van der Waals surface area contributed by atoms with E-state index in [1.165, 1.54) is 28.6 Å². The normalized spacial score (nSPS) is 16.6. The van der Waals surface area contributed by atoms with Crippen LogP contribution in [0.5, 0.6) is 5.75 Å². The average Bonchev–Trinajstić information content (AvgIpc) is 3.16. The summed E-state index contributed by atoms with van der Waals surface area (Å²) in [6.45, 7) is 5.89. The van der Waals surface area contributed by atoms with E-state index < -0.39 is 16.1 Å². The van der Waals surface area contributed by atoms with Gasteiger partial charge in [0.2, 0.25) is 10.0 Å². The van der Waals surface area contributed by atoms with Crippen LogP contribution in [-0.4, -0.2) is 53.6 Å². The van der Waals surface area contributed by atoms with Crippen molar-refractivity contribution in [1.82, 2.24) is 19.0 Å². The van der Waals surface area contributed by atoms with Gasteiger partial charge in [0.1, 0.15) is 11.6 Å². The van der Waals surface area contributed by atoms with Crippen molar-refractivity contribution in [3.63, 3.8) is 0 Å². The second kappa shape index (κ2) is 9.72. The molecule has 0 saturated carbocycles. The molecule has 1 fully saturated rings. The van der Waals surface area contributed by atoms with Crippen LogP contribution in [0.15, 0.2) is 57.8 Å². The number of sulfonamides is 1. The predicted octanol–water partition coefficient (Wildman–Crippen LogP) is 3.76. The third kappa shape index (κ3) is 5.49. The van der Waals surface area contributed by atoms with Crippen molar-refractivity contribution >= 4 is 22.2 Å². The molecule has 0 amide bonds. The summed E-state index contributed by atoms with van der Waals surface area (Å²) in [6, 6.07) is 12.6. The third-order valence-corrected chi connectivity index (χ3v) is 7.63. The van der Waals surface area contributed by atoms with Gasteiger partial charge < -0.3 is 9.15 Å². The molecule has 8 nitrogen and oxygen atoms in total. The van der Waals surface area contributed by atoms with E-state index in [-0.39, 0.29) is 10.7 Å². The molecule has 176 valence electrons. The highest BCUT2D eigenvalue weighted by Gasteiger charge is 2.29. The number of ether oxygens (including phenoxy) is 1. The van der Waals surface area contributed by atoms with Crippen LogP contribution in [0.3, 0.4) is 0 Å². The van der Waals surface area contributed by atoms with Gasteiger partial charge in [-0.1, -0.05) is 17.7 Å². The lowest BCUT2D eigenvalue weighted by Crippen LogP contribution is -2.48. The quantitative estimate of drug-likeness (QED) is 0.465. The van der Waals surface area contributed by atoms with Crippen molar-refractivity contribution in [3.05, 3.63) is 70.6 Å². The molecule has 0 bridgehead atoms. The highest BCUT2D eigenvalue weighted by Crippen LogP contribution is 2.22. The van der Waals surface area contributed by atoms with Crippen molar-refractivity contribution in [1.29, 1.82) is 0 Å². The van der Waals surface area contributed by atoms with Crippen LogP contribution in [0.4, 0.5) is 4.39 Å². The van der Waals surface area contributed by atoms with E-state index in [0.717, 1.165) is 5.56 Å². The molecule has 33 heavy (non-hydrogen) atoms. The number of aryl methyl sites for hydroxylation is 1. The Kier molecular flexibility index (Phi) is 6.94. The molecule has 1 atom stereocenters. The third-order valence-electron chi connectivity index (χ3n) is 5.42. The molecule has 1 aliphatic rings. The molecule has 1 aromatic heterocycles. The Morgan fingerprint density at radius 3 is 2.36 bits per heavy atom. The fourth-order valence-electron chi connectivity index (χ4n) is 3.50. The smallest absolute Gasteiger partial charge is 0.288 e. The monoisotopic (exact) mass is 492 g/mol. The summed E-state index contributed by atoms with van der Waals surface area (Å²) < 4.78 is 53.2. The van der Waals surface area contributed by atoms with Gasteiger partial charge in [-0.15, -0.1) is 5.10 Å². The summed E-state index contributed by atoms with van der Waals surface area (Å²) in [4.78, 5) is 2.57. The van der Waals surface area contributed by atoms with Gasteiger partial charge >= 0.3 is 0 Å². The molecule has 3 aromatic rings. The van der Waals surface area contributed by atoms with Crippen LogP contribution in [-0.2, 0) is 16.7 Å². The van der Waals surface area contributed by atoms with Gasteiger partial charge in [0.05, 0.1) is 11.6 Å². The van der Waals surface area contributed by atoms with E-state index in [1.807, 2.05) is 6.92 Å². The van der Waals surface area contributed by atoms with Gasteiger partial charge in [-0.2, -0.15) is 4.31 Å². The maximum Gasteiger partial charge on any atom is 0.288 e. The zero-order valence-corrected chi connectivity index (χ0v) is 20.0. The Hall–Kier alpha value is -2.60. The van der Waals surface area contributed by atoms with Gasteiger partial charge in [-0.05, 0) is 62.5 Å². The highest BCUT2D eigenvalue weighted by molar-refractivity contribution is 7.89. The van der Waals surface area contributed by atoms with Gasteiger partial charge in [-0.25, -0.2) is 17.5 Å². The average molecular weight is 493 g/mol. The first-order valence-corrected chi connectivity index (χ1v) is 12.4. The first-order chi connectivity index (χ1) is 15.7. The van der Waals surface area contributed by atoms with Gasteiger partial charge in [0.15, 0.2) is 6.10 Å². The Balaban J connectivity index is 1.36. The zero-order valence-electron chi connectivity index (χ0n) is 18.3. The van der Waals surface area contributed by atoms with E-state index in [4.69, 9.17) is 21.4 Å². The molecule has 2 aromatic carbocycles. The lowest BCUT2D eigenvalue weighted by atomic mass is 10.2. The SMILES string of the molecule is Cc1ccc(S(=O)(=O)N2CCN(Cn3nc([C@H](C)Oc4ccc(F)cc4)oc3=S)CC2)cc1. The van der Waals surface area contributed by atoms with Crippen LogP contribution in [0, 0.1) is 17.6 Å². The highest BCUT2D eigenvalue weighted by atomic mass is 32.2. The molecular formula is C22H25FN4O4S2. The Labute approximate surface area is 197 Å². The lowest BCUT2D eigenvalue weighted by molar-refractivity contribution is 0.143. The molecule has 0 unspecified atom stereocenters. The maximum atomic E-state index is 13.1. The van der Waals surface area contributed by atoms with Crippen molar-refractivity contribution in [2.75, 3.05) is 26.2 Å². The minimum absolute atomic E-state index is 0.203. The minimum Gasteiger partial charge on any atom is -0.481 e. The number of aromatic nitrogens is 2. The molecule has 0 spiro atoms. The van der Waals surface area contributed by atoms with Gasteiger partial charge in [-0.3, -0.25) is 4.90 Å². The minimum atomic E-state index is -3.52. The summed E-state index contributed by atoms with van der Waals surface area (Å²) in [5.41, 5.74) is 1.01. The topological polar surface area (TPSA) is 80.8 Å². The molecule has 11 heteroatoms. The van der Waals surface area contributed by atoms with Crippen molar-refractivity contribution in [2.24, 2.45) is 0 Å². The number of hydrogen-bond acceptors (Lipinski definition) is 7. The number of rotatable bonds is 7.